The van der Waals surface area contributed by atoms with Crippen molar-refractivity contribution in [2.24, 2.45) is 7.05 Å². The second kappa shape index (κ2) is 11.5. The average molecular weight is 556 g/mol. The fourth-order valence-corrected chi connectivity index (χ4v) is 5.29. The molecule has 1 saturated heterocycles. The first-order valence-corrected chi connectivity index (χ1v) is 13.6. The van der Waals surface area contributed by atoms with Gasteiger partial charge >= 0.3 is 0 Å². The first-order chi connectivity index (χ1) is 20.0. The summed E-state index contributed by atoms with van der Waals surface area (Å²) in [5.74, 6) is -0.719. The molecule has 0 bridgehead atoms. The molecule has 6 rings (SSSR count). The van der Waals surface area contributed by atoms with Crippen molar-refractivity contribution < 1.29 is 18.7 Å². The molecule has 10 nitrogen and oxygen atoms in total. The molecule has 0 aliphatic carbocycles. The number of hydrogen-bond acceptors (Lipinski definition) is 6. The summed E-state index contributed by atoms with van der Waals surface area (Å²) in [6, 6.07) is 19.7. The van der Waals surface area contributed by atoms with Crippen molar-refractivity contribution in [2.75, 3.05) is 13.2 Å². The summed E-state index contributed by atoms with van der Waals surface area (Å²) in [5.41, 5.74) is 3.56. The Kier molecular flexibility index (Phi) is 7.43. The van der Waals surface area contributed by atoms with Crippen LogP contribution in [0.1, 0.15) is 30.3 Å². The van der Waals surface area contributed by atoms with E-state index in [-0.39, 0.29) is 36.8 Å². The van der Waals surface area contributed by atoms with Crippen molar-refractivity contribution >= 4 is 33.9 Å². The Labute approximate surface area is 235 Å². The van der Waals surface area contributed by atoms with Crippen molar-refractivity contribution in [1.29, 1.82) is 0 Å². The molecule has 0 saturated carbocycles. The minimum atomic E-state index is -1.08. The van der Waals surface area contributed by atoms with E-state index in [1.165, 1.54) is 21.7 Å². The molecular weight excluding hydrogens is 525 g/mol. The Balaban J connectivity index is 1.41. The van der Waals surface area contributed by atoms with Crippen LogP contribution in [0.25, 0.3) is 22.1 Å². The zero-order chi connectivity index (χ0) is 28.3. The smallest absolute Gasteiger partial charge is 0.250 e. The molecule has 0 radical (unpaired) electrons. The minimum absolute atomic E-state index is 0.0486. The Morgan fingerprint density at radius 3 is 2.51 bits per heavy atom. The SMILES string of the molecule is Cn1c([C@@H](C(=O)NC[C@@H]2CCCO2)N(Cc2ccc(F)cc2)C(=O)Cn2nnc3ccccc32)nc2ccccc21. The highest BCUT2D eigenvalue weighted by atomic mass is 19.1. The lowest BCUT2D eigenvalue weighted by Crippen LogP contribution is -2.47. The van der Waals surface area contributed by atoms with Crippen LogP contribution in [0.5, 0.6) is 0 Å². The highest BCUT2D eigenvalue weighted by Gasteiger charge is 2.36. The van der Waals surface area contributed by atoms with Crippen LogP contribution in [-0.4, -0.2) is 60.5 Å². The number of rotatable bonds is 9. The van der Waals surface area contributed by atoms with Gasteiger partial charge in [0.05, 0.1) is 22.7 Å². The van der Waals surface area contributed by atoms with Gasteiger partial charge in [0.15, 0.2) is 6.04 Å². The molecule has 210 valence electrons. The monoisotopic (exact) mass is 555 g/mol. The number of para-hydroxylation sites is 3. The number of aryl methyl sites for hydroxylation is 1. The number of carbonyl (C=O) groups is 2. The van der Waals surface area contributed by atoms with E-state index in [9.17, 15) is 14.0 Å². The summed E-state index contributed by atoms with van der Waals surface area (Å²) in [6.07, 6.45) is 1.72. The van der Waals surface area contributed by atoms with E-state index in [0.717, 1.165) is 18.4 Å². The molecule has 2 aromatic heterocycles. The molecule has 3 aromatic carbocycles. The Morgan fingerprint density at radius 1 is 1.05 bits per heavy atom. The van der Waals surface area contributed by atoms with Crippen LogP contribution in [0.4, 0.5) is 4.39 Å². The number of nitrogens with one attached hydrogen (secondary N) is 1. The number of carbonyl (C=O) groups excluding carboxylic acids is 2. The molecular formula is C30H30FN7O3. The number of nitrogens with zero attached hydrogens (tertiary/aromatic N) is 6. The minimum Gasteiger partial charge on any atom is -0.376 e. The predicted octanol–water partition coefficient (Wildman–Crippen LogP) is 3.52. The Morgan fingerprint density at radius 2 is 1.78 bits per heavy atom. The van der Waals surface area contributed by atoms with Crippen molar-refractivity contribution in [3.63, 3.8) is 0 Å². The van der Waals surface area contributed by atoms with Gasteiger partial charge < -0.3 is 19.5 Å². The first kappa shape index (κ1) is 26.6. The molecule has 1 fully saturated rings. The number of ether oxygens (including phenoxy) is 1. The summed E-state index contributed by atoms with van der Waals surface area (Å²) in [6.45, 7) is 0.884. The van der Waals surface area contributed by atoms with Crippen LogP contribution in [0, 0.1) is 5.82 Å². The van der Waals surface area contributed by atoms with E-state index in [2.05, 4.69) is 15.6 Å². The second-order valence-electron chi connectivity index (χ2n) is 10.2. The number of aromatic nitrogens is 5. The maximum absolute atomic E-state index is 14.2. The van der Waals surface area contributed by atoms with Crippen LogP contribution in [0.3, 0.4) is 0 Å². The van der Waals surface area contributed by atoms with Gasteiger partial charge in [-0.2, -0.15) is 0 Å². The number of halogens is 1. The van der Waals surface area contributed by atoms with Crippen LogP contribution in [0.15, 0.2) is 72.8 Å². The topological polar surface area (TPSA) is 107 Å². The molecule has 1 N–H and O–H groups in total. The first-order valence-electron chi connectivity index (χ1n) is 13.6. The molecule has 0 unspecified atom stereocenters. The van der Waals surface area contributed by atoms with Crippen LogP contribution in [-0.2, 0) is 34.5 Å². The Hall–Kier alpha value is -4.64. The van der Waals surface area contributed by atoms with E-state index in [0.29, 0.717) is 41.1 Å². The molecule has 1 aliphatic rings. The maximum atomic E-state index is 14.2. The largest absolute Gasteiger partial charge is 0.376 e. The lowest BCUT2D eigenvalue weighted by atomic mass is 10.1. The summed E-state index contributed by atoms with van der Waals surface area (Å²) in [4.78, 5) is 34.5. The van der Waals surface area contributed by atoms with E-state index in [4.69, 9.17) is 9.72 Å². The molecule has 11 heteroatoms. The van der Waals surface area contributed by atoms with Gasteiger partial charge in [-0.3, -0.25) is 9.59 Å². The molecule has 2 amide bonds. The fourth-order valence-electron chi connectivity index (χ4n) is 5.29. The number of fused-ring (bicyclic) bond motifs is 2. The lowest BCUT2D eigenvalue weighted by molar-refractivity contribution is -0.142. The Bertz CT molecular complexity index is 1690. The molecule has 41 heavy (non-hydrogen) atoms. The standard InChI is InChI=1S/C30H30FN7O3/c1-36-25-10-4-2-8-23(25)33-29(36)28(30(40)32-17-22-7-6-16-41-22)37(18-20-12-14-21(31)15-13-20)27(39)19-38-26-11-5-3-9-24(26)34-35-38/h2-5,8-15,22,28H,6-7,16-19H2,1H3,(H,32,40)/t22-,28-/m0/s1. The average Bonchev–Trinajstić information content (AvgIpc) is 3.73. The van der Waals surface area contributed by atoms with Gasteiger partial charge in [0.25, 0.3) is 5.91 Å². The quantitative estimate of drug-likeness (QED) is 0.298. The van der Waals surface area contributed by atoms with E-state index < -0.39 is 6.04 Å². The lowest BCUT2D eigenvalue weighted by Gasteiger charge is -2.31. The summed E-state index contributed by atoms with van der Waals surface area (Å²) in [5, 5.41) is 11.4. The summed E-state index contributed by atoms with van der Waals surface area (Å²) >= 11 is 0. The number of benzene rings is 3. The van der Waals surface area contributed by atoms with Gasteiger partial charge in [-0.15, -0.1) is 5.10 Å². The highest BCUT2D eigenvalue weighted by Crippen LogP contribution is 2.27. The molecule has 5 aromatic rings. The number of amides is 2. The molecule has 3 heterocycles. The van der Waals surface area contributed by atoms with Crippen LogP contribution < -0.4 is 5.32 Å². The van der Waals surface area contributed by atoms with E-state index in [1.54, 1.807) is 12.1 Å². The van der Waals surface area contributed by atoms with Crippen molar-refractivity contribution in [1.82, 2.24) is 34.8 Å². The van der Waals surface area contributed by atoms with Crippen LogP contribution >= 0.6 is 0 Å². The highest BCUT2D eigenvalue weighted by molar-refractivity contribution is 5.90. The molecule has 1 aliphatic heterocycles. The van der Waals surface area contributed by atoms with Crippen molar-refractivity contribution in [2.45, 2.75) is 38.1 Å². The van der Waals surface area contributed by atoms with Gasteiger partial charge in [0, 0.05) is 26.7 Å². The maximum Gasteiger partial charge on any atom is 0.250 e. The van der Waals surface area contributed by atoms with E-state index in [1.807, 2.05) is 60.1 Å². The van der Waals surface area contributed by atoms with Crippen molar-refractivity contribution in [3.05, 3.63) is 90.0 Å². The van der Waals surface area contributed by atoms with Gasteiger partial charge in [-0.05, 0) is 54.8 Å². The van der Waals surface area contributed by atoms with Crippen molar-refractivity contribution in [3.8, 4) is 0 Å². The third-order valence-corrected chi connectivity index (χ3v) is 7.45. The normalized spacial score (nSPS) is 15.8. The molecule has 2 atom stereocenters. The predicted molar refractivity (Wildman–Crippen MR) is 150 cm³/mol. The third kappa shape index (κ3) is 5.53. The van der Waals surface area contributed by atoms with E-state index >= 15 is 0 Å². The van der Waals surface area contributed by atoms with Gasteiger partial charge in [0.1, 0.15) is 23.7 Å². The third-order valence-electron chi connectivity index (χ3n) is 7.45. The zero-order valence-electron chi connectivity index (χ0n) is 22.6. The van der Waals surface area contributed by atoms with Gasteiger partial charge in [-0.1, -0.05) is 41.6 Å². The van der Waals surface area contributed by atoms with Gasteiger partial charge in [-0.25, -0.2) is 14.1 Å². The zero-order valence-corrected chi connectivity index (χ0v) is 22.6. The van der Waals surface area contributed by atoms with Crippen LogP contribution in [0.2, 0.25) is 0 Å². The number of imidazole rings is 1. The fraction of sp³-hybridized carbons (Fsp3) is 0.300. The second-order valence-corrected chi connectivity index (χ2v) is 10.2. The van der Waals surface area contributed by atoms with Gasteiger partial charge in [0.2, 0.25) is 5.91 Å². The summed E-state index contributed by atoms with van der Waals surface area (Å²) in [7, 11) is 1.83. The molecule has 0 spiro atoms. The summed E-state index contributed by atoms with van der Waals surface area (Å²) < 4.78 is 22.8. The number of hydrogen-bond donors (Lipinski definition) is 1.